The molecule has 0 aliphatic rings. The Morgan fingerprint density at radius 1 is 1.25 bits per heavy atom. The van der Waals surface area contributed by atoms with E-state index >= 15 is 0 Å². The fourth-order valence-corrected chi connectivity index (χ4v) is 1.72. The first-order chi connectivity index (χ1) is 7.38. The van der Waals surface area contributed by atoms with Gasteiger partial charge >= 0.3 is 0 Å². The highest BCUT2D eigenvalue weighted by atomic mass is 35.6. The summed E-state index contributed by atoms with van der Waals surface area (Å²) in [5.74, 6) is 0. The highest BCUT2D eigenvalue weighted by molar-refractivity contribution is 6.67. The van der Waals surface area contributed by atoms with Gasteiger partial charge in [-0.1, -0.05) is 65.1 Å². The fourth-order valence-electron chi connectivity index (χ4n) is 1.25. The minimum absolute atomic E-state index is 0.00815. The van der Waals surface area contributed by atoms with Gasteiger partial charge in [0.2, 0.25) is 0 Å². The van der Waals surface area contributed by atoms with E-state index in [1.807, 2.05) is 18.2 Å². The molecule has 0 N–H and O–H groups in total. The monoisotopic (exact) mass is 280 g/mol. The molecule has 87 valence electrons. The van der Waals surface area contributed by atoms with E-state index in [4.69, 9.17) is 34.8 Å². The Bertz CT molecular complexity index is 351. The van der Waals surface area contributed by atoms with Crippen molar-refractivity contribution in [3.63, 3.8) is 0 Å². The number of alkyl halides is 3. The molecule has 0 aromatic heterocycles. The maximum atomic E-state index is 10.8. The van der Waals surface area contributed by atoms with Gasteiger partial charge in [0, 0.05) is 4.92 Å². The van der Waals surface area contributed by atoms with Crippen LogP contribution in [-0.4, -0.2) is 8.72 Å². The molecule has 6 heteroatoms. The summed E-state index contributed by atoms with van der Waals surface area (Å²) in [6.45, 7) is 0. The van der Waals surface area contributed by atoms with E-state index < -0.39 is 8.72 Å². The Balaban J connectivity index is 2.70. The zero-order valence-corrected chi connectivity index (χ0v) is 10.5. The highest BCUT2D eigenvalue weighted by Gasteiger charge is 2.34. The maximum absolute atomic E-state index is 10.8. The van der Waals surface area contributed by atoms with Crippen LogP contribution < -0.4 is 0 Å². The average Bonchev–Trinajstić information content (AvgIpc) is 2.16. The van der Waals surface area contributed by atoms with Crippen LogP contribution in [0.4, 0.5) is 0 Å². The number of hydrogen-bond donors (Lipinski definition) is 0. The van der Waals surface area contributed by atoms with Gasteiger partial charge in [0.25, 0.3) is 6.04 Å². The molecule has 0 amide bonds. The van der Waals surface area contributed by atoms with Crippen LogP contribution >= 0.6 is 34.8 Å². The van der Waals surface area contributed by atoms with Crippen LogP contribution in [0.1, 0.15) is 12.0 Å². The predicted octanol–water partition coefficient (Wildman–Crippen LogP) is 3.80. The number of halogens is 3. The van der Waals surface area contributed by atoms with Crippen LogP contribution in [-0.2, 0) is 6.42 Å². The molecule has 0 aliphatic heterocycles. The molecule has 0 saturated carbocycles. The van der Waals surface area contributed by atoms with E-state index in [0.29, 0.717) is 0 Å². The molecule has 0 heterocycles. The van der Waals surface area contributed by atoms with Crippen molar-refractivity contribution in [1.82, 2.24) is 0 Å². The van der Waals surface area contributed by atoms with Crippen molar-refractivity contribution in [3.8, 4) is 0 Å². The van der Waals surface area contributed by atoms with Crippen molar-refractivity contribution >= 4 is 34.8 Å². The van der Waals surface area contributed by atoms with Gasteiger partial charge < -0.3 is 0 Å². The first kappa shape index (κ1) is 13.6. The zero-order chi connectivity index (χ0) is 12.2. The molecule has 0 unspecified atom stereocenters. The Morgan fingerprint density at radius 2 is 1.81 bits per heavy atom. The largest absolute Gasteiger partial charge is 0.299 e. The van der Waals surface area contributed by atoms with Crippen molar-refractivity contribution in [2.75, 3.05) is 0 Å². The van der Waals surface area contributed by atoms with Crippen molar-refractivity contribution in [2.45, 2.75) is 16.6 Å². The van der Waals surface area contributed by atoms with Crippen molar-refractivity contribution in [3.05, 3.63) is 52.1 Å². The van der Waals surface area contributed by atoms with E-state index in [-0.39, 0.29) is 18.9 Å². The van der Waals surface area contributed by atoms with E-state index in [1.54, 1.807) is 12.1 Å². The van der Waals surface area contributed by atoms with Crippen LogP contribution in [0, 0.1) is 16.2 Å². The van der Waals surface area contributed by atoms with Gasteiger partial charge in [0.05, 0.1) is 12.8 Å². The molecular weight excluding hydrogens is 272 g/mol. The Labute approximate surface area is 108 Å². The second kappa shape index (κ2) is 5.71. The van der Waals surface area contributed by atoms with Crippen molar-refractivity contribution in [2.24, 2.45) is 0 Å². The molecule has 0 atom stereocenters. The quantitative estimate of drug-likeness (QED) is 0.478. The van der Waals surface area contributed by atoms with Gasteiger partial charge in [-0.25, -0.2) is 0 Å². The number of hydrogen-bond acceptors (Lipinski definition) is 2. The van der Waals surface area contributed by atoms with Crippen LogP contribution in [0.3, 0.4) is 0 Å². The lowest BCUT2D eigenvalue weighted by atomic mass is 10.0. The molecule has 16 heavy (non-hydrogen) atoms. The zero-order valence-electron chi connectivity index (χ0n) is 8.20. The Kier molecular flexibility index (Phi) is 4.84. The molecule has 0 fully saturated rings. The Hall–Kier alpha value is -0.510. The van der Waals surface area contributed by atoms with Crippen molar-refractivity contribution in [1.29, 1.82) is 0 Å². The topological polar surface area (TPSA) is 43.1 Å². The third-order valence-corrected chi connectivity index (χ3v) is 2.31. The Morgan fingerprint density at radius 3 is 2.25 bits per heavy atom. The summed E-state index contributed by atoms with van der Waals surface area (Å²) < 4.78 is -1.63. The molecule has 1 aromatic carbocycles. The van der Waals surface area contributed by atoms with Gasteiger partial charge in [0.1, 0.15) is 0 Å². The van der Waals surface area contributed by atoms with Crippen LogP contribution in [0.2, 0.25) is 0 Å². The van der Waals surface area contributed by atoms with Gasteiger partial charge in [-0.05, 0) is 5.56 Å². The van der Waals surface area contributed by atoms with Gasteiger partial charge in [-0.2, -0.15) is 0 Å². The van der Waals surface area contributed by atoms with Crippen LogP contribution in [0.15, 0.2) is 30.3 Å². The minimum Gasteiger partial charge on any atom is -0.264 e. The average molecular weight is 282 g/mol. The second-order valence-corrected chi connectivity index (χ2v) is 5.79. The molecule has 1 rings (SSSR count). The second-order valence-electron chi connectivity index (χ2n) is 3.28. The van der Waals surface area contributed by atoms with Gasteiger partial charge in [-0.3, -0.25) is 10.1 Å². The lowest BCUT2D eigenvalue weighted by molar-refractivity contribution is -0.468. The van der Waals surface area contributed by atoms with Gasteiger partial charge in [-0.15, -0.1) is 0 Å². The third kappa shape index (κ3) is 5.01. The van der Waals surface area contributed by atoms with E-state index in [1.165, 1.54) is 0 Å². The summed E-state index contributed by atoms with van der Waals surface area (Å²) in [6, 6.07) is 9.03. The minimum atomic E-state index is -1.63. The molecule has 1 radical (unpaired) electrons. The summed E-state index contributed by atoms with van der Waals surface area (Å²) in [5, 5.41) is 10.8. The first-order valence-electron chi connectivity index (χ1n) is 4.48. The number of rotatable bonds is 4. The lowest BCUT2D eigenvalue weighted by Gasteiger charge is -2.13. The number of nitro groups is 1. The SMILES string of the molecule is O=[N+]([O-])[C](Cc1ccccc1)CC(Cl)(Cl)Cl. The summed E-state index contributed by atoms with van der Waals surface area (Å²) in [6.07, 6.45) is 0.00130. The summed E-state index contributed by atoms with van der Waals surface area (Å²) >= 11 is 16.6. The molecular formula is C10H9Cl3NO2. The van der Waals surface area contributed by atoms with E-state index in [9.17, 15) is 10.1 Å². The lowest BCUT2D eigenvalue weighted by Crippen LogP contribution is -2.19. The third-order valence-electron chi connectivity index (χ3n) is 1.91. The van der Waals surface area contributed by atoms with Gasteiger partial charge in [0.15, 0.2) is 3.79 Å². The smallest absolute Gasteiger partial charge is 0.264 e. The number of benzene rings is 1. The number of nitrogens with zero attached hydrogens (tertiary/aromatic N) is 1. The highest BCUT2D eigenvalue weighted by Crippen LogP contribution is 2.35. The molecule has 3 nitrogen and oxygen atoms in total. The fraction of sp³-hybridized carbons (Fsp3) is 0.300. The normalized spacial score (nSPS) is 11.8. The molecule has 0 spiro atoms. The van der Waals surface area contributed by atoms with E-state index in [0.717, 1.165) is 5.56 Å². The van der Waals surface area contributed by atoms with Crippen molar-refractivity contribution < 1.29 is 4.92 Å². The summed E-state index contributed by atoms with van der Waals surface area (Å²) in [7, 11) is 0. The molecule has 0 bridgehead atoms. The van der Waals surface area contributed by atoms with Crippen LogP contribution in [0.5, 0.6) is 0 Å². The van der Waals surface area contributed by atoms with E-state index in [2.05, 4.69) is 0 Å². The van der Waals surface area contributed by atoms with Crippen LogP contribution in [0.25, 0.3) is 0 Å². The predicted molar refractivity (Wildman–Crippen MR) is 65.3 cm³/mol. The summed E-state index contributed by atoms with van der Waals surface area (Å²) in [4.78, 5) is 10.3. The maximum Gasteiger partial charge on any atom is 0.299 e. The standard InChI is InChI=1S/C10H9Cl3NO2/c11-10(12,13)7-9(14(15)16)6-8-4-2-1-3-5-8/h1-5H,6-7H2. The first-order valence-corrected chi connectivity index (χ1v) is 5.61. The molecule has 0 aliphatic carbocycles. The summed E-state index contributed by atoms with van der Waals surface area (Å²) in [5.41, 5.74) is 0.823. The molecule has 1 aromatic rings. The molecule has 0 saturated heterocycles.